The second-order valence-electron chi connectivity index (χ2n) is 16.3. The fourth-order valence-electron chi connectivity index (χ4n) is 6.99. The number of pyridine rings is 1. The lowest BCUT2D eigenvalue weighted by Crippen LogP contribution is -2.40. The van der Waals surface area contributed by atoms with Crippen LogP contribution in [0, 0.1) is 19.3 Å². The molecule has 0 aliphatic carbocycles. The molecule has 0 spiro atoms. The van der Waals surface area contributed by atoms with E-state index in [1.165, 1.54) is 6.92 Å². The molecule has 2 aliphatic heterocycles. The van der Waals surface area contributed by atoms with E-state index in [1.807, 2.05) is 42.2 Å². The Kier molecular flexibility index (Phi) is 12.1. The quantitative estimate of drug-likeness (QED) is 0.113. The minimum atomic E-state index is -6.14. The van der Waals surface area contributed by atoms with E-state index in [9.17, 15) is 26.4 Å². The average molecular weight is 794 g/mol. The van der Waals surface area contributed by atoms with Crippen molar-refractivity contribution in [1.29, 1.82) is 0 Å². The van der Waals surface area contributed by atoms with Crippen LogP contribution < -0.4 is 9.08 Å². The van der Waals surface area contributed by atoms with Crippen molar-refractivity contribution < 1.29 is 40.0 Å². The summed E-state index contributed by atoms with van der Waals surface area (Å²) in [5.74, 6) is -1.43. The molecule has 9 nitrogen and oxygen atoms in total. The number of fused-ring (bicyclic) bond motifs is 1. The van der Waals surface area contributed by atoms with Crippen LogP contribution >= 0.6 is 11.6 Å². The Morgan fingerprint density at radius 2 is 1.69 bits per heavy atom. The molecular formula is C40H51ClF3N3O6S. The van der Waals surface area contributed by atoms with Gasteiger partial charge in [0.25, 0.3) is 0 Å². The molecule has 2 aliphatic rings. The van der Waals surface area contributed by atoms with E-state index < -0.39 is 45.3 Å². The highest BCUT2D eigenvalue weighted by Gasteiger charge is 2.50. The number of anilines is 1. The molecular weight excluding hydrogens is 743 g/mol. The predicted octanol–water partition coefficient (Wildman–Crippen LogP) is 9.24. The fraction of sp³-hybridized carbons (Fsp3) is 0.550. The molecule has 5 rings (SSSR count). The lowest BCUT2D eigenvalue weighted by molar-refractivity contribution is -0.171. The van der Waals surface area contributed by atoms with Crippen LogP contribution in [0.1, 0.15) is 101 Å². The van der Waals surface area contributed by atoms with E-state index in [1.54, 1.807) is 40.7 Å². The number of aryl methyl sites for hydroxylation is 2. The number of halogens is 4. The van der Waals surface area contributed by atoms with Gasteiger partial charge in [-0.1, -0.05) is 55.8 Å². The van der Waals surface area contributed by atoms with Gasteiger partial charge in [0.15, 0.2) is 6.10 Å². The number of carbonyl (C=O) groups is 1. The van der Waals surface area contributed by atoms with E-state index in [-0.39, 0.29) is 22.2 Å². The van der Waals surface area contributed by atoms with Crippen molar-refractivity contribution in [2.24, 2.45) is 5.41 Å². The van der Waals surface area contributed by atoms with Crippen LogP contribution in [0.2, 0.25) is 5.02 Å². The Labute approximate surface area is 322 Å². The Morgan fingerprint density at radius 3 is 2.28 bits per heavy atom. The van der Waals surface area contributed by atoms with E-state index in [2.05, 4.69) is 23.7 Å². The van der Waals surface area contributed by atoms with Crippen LogP contribution in [0.25, 0.3) is 11.1 Å². The molecule has 0 radical (unpaired) electrons. The molecule has 296 valence electrons. The molecule has 0 bridgehead atoms. The summed E-state index contributed by atoms with van der Waals surface area (Å²) in [6.07, 6.45) is 0.195. The van der Waals surface area contributed by atoms with Gasteiger partial charge in [-0.25, -0.2) is 9.78 Å². The van der Waals surface area contributed by atoms with E-state index >= 15 is 0 Å². The highest BCUT2D eigenvalue weighted by Crippen LogP contribution is 2.49. The third-order valence-electron chi connectivity index (χ3n) is 9.89. The van der Waals surface area contributed by atoms with Crippen LogP contribution in [0.3, 0.4) is 0 Å². The third-order valence-corrected chi connectivity index (χ3v) is 11.2. The molecule has 2 aromatic carbocycles. The van der Waals surface area contributed by atoms with Gasteiger partial charge in [-0.2, -0.15) is 21.6 Å². The summed E-state index contributed by atoms with van der Waals surface area (Å²) < 4.78 is 84.2. The summed E-state index contributed by atoms with van der Waals surface area (Å²) in [6, 6.07) is 11.3. The van der Waals surface area contributed by atoms with Gasteiger partial charge in [-0.3, -0.25) is 4.90 Å². The topological polar surface area (TPSA) is 98.3 Å². The molecule has 54 heavy (non-hydrogen) atoms. The second kappa shape index (κ2) is 15.6. The third kappa shape index (κ3) is 9.52. The maximum absolute atomic E-state index is 13.9. The zero-order valence-electron chi connectivity index (χ0n) is 32.5. The number of carbonyl (C=O) groups excluding carboxylic acids is 1. The van der Waals surface area contributed by atoms with Crippen LogP contribution in [0.4, 0.5) is 18.9 Å². The summed E-state index contributed by atoms with van der Waals surface area (Å²) in [5.41, 5.74) is -1.43. The first-order valence-electron chi connectivity index (χ1n) is 18.2. The van der Waals surface area contributed by atoms with Gasteiger partial charge in [0.1, 0.15) is 0 Å². The summed E-state index contributed by atoms with van der Waals surface area (Å²) in [6.45, 7) is 19.4. The first-order chi connectivity index (χ1) is 25.0. The van der Waals surface area contributed by atoms with Crippen LogP contribution in [0.15, 0.2) is 36.4 Å². The van der Waals surface area contributed by atoms with Gasteiger partial charge in [0, 0.05) is 49.0 Å². The highest BCUT2D eigenvalue weighted by atomic mass is 35.5. The van der Waals surface area contributed by atoms with Crippen LogP contribution in [-0.4, -0.2) is 61.1 Å². The second-order valence-corrected chi connectivity index (χ2v) is 18.3. The Bertz CT molecular complexity index is 1970. The number of hydrogen-bond acceptors (Lipinski definition) is 9. The lowest BCUT2D eigenvalue weighted by Gasteiger charge is -2.41. The van der Waals surface area contributed by atoms with Crippen molar-refractivity contribution in [2.75, 3.05) is 24.5 Å². The van der Waals surface area contributed by atoms with Gasteiger partial charge in [-0.15, -0.1) is 0 Å². The number of nitrogens with zero attached hydrogens (tertiary/aromatic N) is 3. The first-order valence-corrected chi connectivity index (χ1v) is 20.0. The fourth-order valence-corrected chi connectivity index (χ4v) is 7.69. The number of benzene rings is 2. The van der Waals surface area contributed by atoms with Crippen molar-refractivity contribution in [1.82, 2.24) is 9.88 Å². The molecule has 3 aromatic rings. The van der Waals surface area contributed by atoms with Crippen molar-refractivity contribution in [3.05, 3.63) is 74.9 Å². The van der Waals surface area contributed by atoms with Crippen molar-refractivity contribution in [3.63, 3.8) is 0 Å². The zero-order chi connectivity index (χ0) is 40.0. The van der Waals surface area contributed by atoms with Crippen molar-refractivity contribution in [2.45, 2.75) is 118 Å². The number of alkyl halides is 3. The van der Waals surface area contributed by atoms with Crippen molar-refractivity contribution in [3.8, 4) is 17.0 Å². The first kappa shape index (κ1) is 41.8. The smallest absolute Gasteiger partial charge is 0.461 e. The predicted molar refractivity (Wildman–Crippen MR) is 204 cm³/mol. The average Bonchev–Trinajstić information content (AvgIpc) is 3.04. The molecule has 1 atom stereocenters. The minimum absolute atomic E-state index is 0.0277. The maximum Gasteiger partial charge on any atom is 0.534 e. The van der Waals surface area contributed by atoms with Gasteiger partial charge in [0.2, 0.25) is 5.88 Å². The number of hydrogen-bond donors (Lipinski definition) is 0. The van der Waals surface area contributed by atoms with E-state index in [4.69, 9.17) is 25.3 Å². The normalized spacial score (nSPS) is 17.3. The maximum atomic E-state index is 13.9. The largest absolute Gasteiger partial charge is 0.534 e. The summed E-state index contributed by atoms with van der Waals surface area (Å²) >= 11 is 6.55. The molecule has 14 heteroatoms. The summed E-state index contributed by atoms with van der Waals surface area (Å²) in [7, 11) is -6.14. The highest BCUT2D eigenvalue weighted by molar-refractivity contribution is 7.88. The lowest BCUT2D eigenvalue weighted by atomic mass is 9.82. The van der Waals surface area contributed by atoms with Crippen LogP contribution in [-0.2, 0) is 43.9 Å². The Morgan fingerprint density at radius 1 is 1.02 bits per heavy atom. The molecule has 1 aromatic heterocycles. The molecule has 0 saturated carbocycles. The monoisotopic (exact) mass is 793 g/mol. The van der Waals surface area contributed by atoms with Crippen molar-refractivity contribution >= 4 is 33.4 Å². The minimum Gasteiger partial charge on any atom is -0.461 e. The number of ether oxygens (including phenoxy) is 2. The zero-order valence-corrected chi connectivity index (χ0v) is 34.1. The number of piperidine rings is 1. The van der Waals surface area contributed by atoms with Gasteiger partial charge in [0.05, 0.1) is 23.0 Å². The number of aromatic nitrogens is 1. The standard InChI is InChI=1S/C40H51ClF3N3O6S/c1-24(2)51-37(48)35(52-38(5,6)7)32-26(4)45-36(53-54(49,50)40(42,43)44)33(34(32)47-19-16-39(8,9)17-20-47)28-13-14-29-22-46(18-15-27(29)21-28)23-30-25(3)11-10-12-31(30)41/h10-14,21,24,35H,15-20,22-23H2,1-9H3/t35-/m0/s1. The molecule has 3 heterocycles. The Balaban J connectivity index is 1.73. The number of esters is 1. The number of rotatable bonds is 10. The van der Waals surface area contributed by atoms with E-state index in [0.717, 1.165) is 35.1 Å². The molecule has 1 saturated heterocycles. The van der Waals surface area contributed by atoms with E-state index in [0.29, 0.717) is 55.4 Å². The molecule has 0 amide bonds. The molecule has 1 fully saturated rings. The van der Waals surface area contributed by atoms with Crippen LogP contribution in [0.5, 0.6) is 5.88 Å². The molecule has 0 N–H and O–H groups in total. The summed E-state index contributed by atoms with van der Waals surface area (Å²) in [5, 5.41) is 0.694. The SMILES string of the molecule is Cc1cccc(Cl)c1CN1CCc2cc(-c3c(OS(=O)(=O)C(F)(F)F)nc(C)c([C@H](OC(C)(C)C)C(=O)OC(C)C)c3N3CCC(C)(C)CC3)ccc2C1. The Hall–Kier alpha value is -3.39. The van der Waals surface area contributed by atoms with Gasteiger partial charge < -0.3 is 18.6 Å². The summed E-state index contributed by atoms with van der Waals surface area (Å²) in [4.78, 5) is 22.6. The molecule has 0 unspecified atom stereocenters. The van der Waals surface area contributed by atoms with Gasteiger partial charge >= 0.3 is 21.6 Å². The van der Waals surface area contributed by atoms with Gasteiger partial charge in [-0.05, 0) is 107 Å².